The third kappa shape index (κ3) is 71.2. The molecule has 0 aliphatic carbocycles. The quantitative estimate of drug-likeness (QED) is 0.0320. The Morgan fingerprint density at radius 1 is 0.326 bits per heavy atom. The van der Waals surface area contributed by atoms with Crippen molar-refractivity contribution in [3.8, 4) is 0 Å². The van der Waals surface area contributed by atoms with E-state index in [0.29, 0.717) is 19.4 Å². The van der Waals surface area contributed by atoms with Crippen LogP contribution < -0.4 is 5.32 Å². The Labute approximate surface area is 538 Å². The van der Waals surface area contributed by atoms with Gasteiger partial charge in [-0.25, -0.2) is 0 Å². The third-order valence-electron chi connectivity index (χ3n) is 18.4. The number of aliphatic hydroxyl groups is 2. The second-order valence-corrected chi connectivity index (χ2v) is 27.0. The van der Waals surface area contributed by atoms with Gasteiger partial charge in [-0.15, -0.1) is 0 Å². The summed E-state index contributed by atoms with van der Waals surface area (Å²) in [7, 11) is 0. The zero-order chi connectivity index (χ0) is 62.0. The summed E-state index contributed by atoms with van der Waals surface area (Å²) in [6.45, 7) is 4.92. The third-order valence-corrected chi connectivity index (χ3v) is 18.4. The van der Waals surface area contributed by atoms with Crippen molar-refractivity contribution in [3.05, 3.63) is 36.5 Å². The van der Waals surface area contributed by atoms with Gasteiger partial charge < -0.3 is 20.3 Å². The van der Waals surface area contributed by atoms with E-state index in [1.165, 1.54) is 360 Å². The van der Waals surface area contributed by atoms with E-state index >= 15 is 0 Å². The van der Waals surface area contributed by atoms with Gasteiger partial charge in [0.15, 0.2) is 0 Å². The summed E-state index contributed by atoms with van der Waals surface area (Å²) in [4.78, 5) is 24.6. The Bertz CT molecular complexity index is 1390. The largest absolute Gasteiger partial charge is 0.466 e. The lowest BCUT2D eigenvalue weighted by Crippen LogP contribution is -2.45. The average molecular weight is 1210 g/mol. The number of hydrogen-bond acceptors (Lipinski definition) is 5. The summed E-state index contributed by atoms with van der Waals surface area (Å²) >= 11 is 0. The molecule has 0 saturated carbocycles. The summed E-state index contributed by atoms with van der Waals surface area (Å²) in [6, 6.07) is -0.625. The zero-order valence-electron chi connectivity index (χ0n) is 58.3. The molecule has 0 aliphatic rings. The molecule has 0 aromatic heterocycles. The molecule has 0 rings (SSSR count). The highest BCUT2D eigenvalue weighted by Gasteiger charge is 2.18. The standard InChI is InChI=1S/C80H153NO5/c1-3-5-7-9-11-13-15-17-19-20-21-35-38-41-45-48-52-56-60-64-68-72-78(83)77(76-82)81-79(84)73-69-65-61-57-53-49-46-42-39-36-33-31-29-27-25-23-22-24-26-28-30-32-34-37-40-43-47-51-55-59-63-67-71-75-86-80(85)74-70-66-62-58-54-50-44-18-16-14-12-10-8-6-4-2/h12,14,18,44,68,72,77-78,82-83H,3-11,13,15-17,19-43,45-67,69-71,73-76H2,1-2H3,(H,81,84)/b14-12-,44-18-,72-68+. The Morgan fingerprint density at radius 2 is 0.581 bits per heavy atom. The second kappa shape index (κ2) is 75.5. The highest BCUT2D eigenvalue weighted by atomic mass is 16.5. The minimum absolute atomic E-state index is 0.00801. The predicted octanol–water partition coefficient (Wildman–Crippen LogP) is 25.8. The van der Waals surface area contributed by atoms with Crippen molar-refractivity contribution in [1.82, 2.24) is 5.32 Å². The van der Waals surface area contributed by atoms with E-state index < -0.39 is 12.1 Å². The van der Waals surface area contributed by atoms with Crippen LogP contribution in [0.15, 0.2) is 36.5 Å². The van der Waals surface area contributed by atoms with Gasteiger partial charge in [0, 0.05) is 12.8 Å². The maximum absolute atomic E-state index is 12.5. The number of allylic oxidation sites excluding steroid dienone is 5. The van der Waals surface area contributed by atoms with E-state index in [0.717, 1.165) is 51.4 Å². The molecular weight excluding hydrogens is 1050 g/mol. The topological polar surface area (TPSA) is 95.9 Å². The number of carbonyl (C=O) groups excluding carboxylic acids is 2. The molecule has 0 spiro atoms. The highest BCUT2D eigenvalue weighted by Crippen LogP contribution is 2.20. The van der Waals surface area contributed by atoms with E-state index in [-0.39, 0.29) is 18.5 Å². The normalized spacial score (nSPS) is 12.7. The predicted molar refractivity (Wildman–Crippen MR) is 379 cm³/mol. The van der Waals surface area contributed by atoms with Crippen LogP contribution in [-0.2, 0) is 14.3 Å². The van der Waals surface area contributed by atoms with E-state index in [1.807, 2.05) is 6.08 Å². The molecule has 6 nitrogen and oxygen atoms in total. The first-order valence-corrected chi connectivity index (χ1v) is 39.3. The van der Waals surface area contributed by atoms with Gasteiger partial charge in [-0.1, -0.05) is 397 Å². The summed E-state index contributed by atoms with van der Waals surface area (Å²) in [6.07, 6.45) is 98.4. The maximum atomic E-state index is 12.5. The van der Waals surface area contributed by atoms with E-state index in [4.69, 9.17) is 4.74 Å². The molecule has 6 heteroatoms. The number of carbonyl (C=O) groups is 2. The Morgan fingerprint density at radius 3 is 0.907 bits per heavy atom. The fraction of sp³-hybridized carbons (Fsp3) is 0.900. The van der Waals surface area contributed by atoms with Crippen molar-refractivity contribution in [1.29, 1.82) is 0 Å². The van der Waals surface area contributed by atoms with Crippen LogP contribution >= 0.6 is 0 Å². The monoisotopic (exact) mass is 1210 g/mol. The minimum atomic E-state index is -0.842. The molecule has 3 N–H and O–H groups in total. The van der Waals surface area contributed by atoms with Crippen LogP contribution in [0.4, 0.5) is 0 Å². The van der Waals surface area contributed by atoms with Gasteiger partial charge in [-0.2, -0.15) is 0 Å². The van der Waals surface area contributed by atoms with E-state index in [2.05, 4.69) is 43.5 Å². The van der Waals surface area contributed by atoms with Crippen molar-refractivity contribution in [2.45, 2.75) is 450 Å². The lowest BCUT2D eigenvalue weighted by molar-refractivity contribution is -0.143. The first kappa shape index (κ1) is 84.1. The fourth-order valence-electron chi connectivity index (χ4n) is 12.4. The molecule has 86 heavy (non-hydrogen) atoms. The van der Waals surface area contributed by atoms with Crippen LogP contribution in [0.3, 0.4) is 0 Å². The van der Waals surface area contributed by atoms with Crippen molar-refractivity contribution in [2.75, 3.05) is 13.2 Å². The number of unbranched alkanes of at least 4 members (excludes halogenated alkanes) is 59. The van der Waals surface area contributed by atoms with E-state index in [1.54, 1.807) is 6.08 Å². The van der Waals surface area contributed by atoms with Crippen molar-refractivity contribution >= 4 is 11.9 Å². The molecule has 0 aromatic rings. The highest BCUT2D eigenvalue weighted by molar-refractivity contribution is 5.76. The zero-order valence-corrected chi connectivity index (χ0v) is 58.3. The number of hydrogen-bond donors (Lipinski definition) is 3. The molecule has 508 valence electrons. The van der Waals surface area contributed by atoms with Gasteiger partial charge in [0.05, 0.1) is 25.4 Å². The maximum Gasteiger partial charge on any atom is 0.305 e. The molecular formula is C80H153NO5. The van der Waals surface area contributed by atoms with E-state index in [9.17, 15) is 19.8 Å². The summed E-state index contributed by atoms with van der Waals surface area (Å²) in [5.41, 5.74) is 0. The van der Waals surface area contributed by atoms with Crippen molar-refractivity contribution in [2.24, 2.45) is 0 Å². The van der Waals surface area contributed by atoms with Crippen LogP contribution in [0.5, 0.6) is 0 Å². The number of nitrogens with one attached hydrogen (secondary N) is 1. The summed E-state index contributed by atoms with van der Waals surface area (Å²) < 4.78 is 5.49. The van der Waals surface area contributed by atoms with Crippen molar-refractivity contribution in [3.63, 3.8) is 0 Å². The molecule has 0 aromatic carbocycles. The Hall–Kier alpha value is -1.92. The fourth-order valence-corrected chi connectivity index (χ4v) is 12.4. The minimum Gasteiger partial charge on any atom is -0.466 e. The second-order valence-electron chi connectivity index (χ2n) is 27.0. The molecule has 0 bridgehead atoms. The van der Waals surface area contributed by atoms with Gasteiger partial charge in [-0.3, -0.25) is 9.59 Å². The number of aliphatic hydroxyl groups excluding tert-OH is 2. The van der Waals surface area contributed by atoms with Crippen LogP contribution in [0.25, 0.3) is 0 Å². The van der Waals surface area contributed by atoms with Gasteiger partial charge in [-0.05, 0) is 64.2 Å². The lowest BCUT2D eigenvalue weighted by Gasteiger charge is -2.20. The van der Waals surface area contributed by atoms with Crippen LogP contribution in [0, 0.1) is 0 Å². The smallest absolute Gasteiger partial charge is 0.305 e. The first-order chi connectivity index (χ1) is 42.5. The molecule has 2 atom stereocenters. The Balaban J connectivity index is 3.35. The SMILES string of the molecule is CCCCC/C=C\C/C=C\CCCCCCCC(=O)OCCCCCCCCCCCCCCCCCCCCCCCCCCCCCCCCCCCC(=O)NC(CO)C(O)/C=C/CCCCCCCCCCCCCCCCCCCCC. The molecule has 0 fully saturated rings. The molecule has 1 amide bonds. The number of esters is 1. The average Bonchev–Trinajstić information content (AvgIpc) is 3.53. The number of amides is 1. The molecule has 2 unspecified atom stereocenters. The van der Waals surface area contributed by atoms with Gasteiger partial charge in [0.25, 0.3) is 0 Å². The first-order valence-electron chi connectivity index (χ1n) is 39.3. The Kier molecular flexibility index (Phi) is 73.9. The van der Waals surface area contributed by atoms with Gasteiger partial charge in [0.2, 0.25) is 5.91 Å². The van der Waals surface area contributed by atoms with Gasteiger partial charge in [0.1, 0.15) is 0 Å². The van der Waals surface area contributed by atoms with Crippen LogP contribution in [0.2, 0.25) is 0 Å². The molecule has 0 radical (unpaired) electrons. The number of ether oxygens (including phenoxy) is 1. The molecule has 0 heterocycles. The van der Waals surface area contributed by atoms with Crippen molar-refractivity contribution < 1.29 is 24.5 Å². The molecule has 0 saturated heterocycles. The molecule has 0 aliphatic heterocycles. The van der Waals surface area contributed by atoms with Crippen LogP contribution in [-0.4, -0.2) is 47.4 Å². The summed E-state index contributed by atoms with van der Waals surface area (Å²) in [5.74, 6) is -0.0508. The lowest BCUT2D eigenvalue weighted by atomic mass is 10.0. The van der Waals surface area contributed by atoms with Crippen LogP contribution in [0.1, 0.15) is 438 Å². The number of rotatable bonds is 74. The summed E-state index contributed by atoms with van der Waals surface area (Å²) in [5, 5.41) is 23.3. The van der Waals surface area contributed by atoms with Gasteiger partial charge >= 0.3 is 5.97 Å².